The Bertz CT molecular complexity index is 798. The molecule has 0 saturated heterocycles. The van der Waals surface area contributed by atoms with Gasteiger partial charge in [-0.1, -0.05) is 75.2 Å². The average molecular weight is 401 g/mol. The fraction of sp³-hybridized carbons (Fsp3) is 0.615. The topological polar surface area (TPSA) is 0 Å². The van der Waals surface area contributed by atoms with Crippen LogP contribution in [0.2, 0.25) is 5.02 Å². The number of unbranched alkanes of at least 4 members (excludes halogenated alkanes) is 3. The predicted molar refractivity (Wildman–Crippen MR) is 119 cm³/mol. The summed E-state index contributed by atoms with van der Waals surface area (Å²) in [6, 6.07) is 9.92. The van der Waals surface area contributed by atoms with Gasteiger partial charge < -0.3 is 0 Å². The standard InChI is InChI=1S/C26H34ClF/c1-2-3-4-5-6-18-7-8-20-14-21(10-9-19(20)13-18)22-11-12-23-16-25(27)26(28)17-24(23)15-22/h11-12,15-21H,2-10,13-14H2,1H3/t18-,19?,20-,21?/m1/s1. The van der Waals surface area contributed by atoms with E-state index in [4.69, 9.17) is 11.6 Å². The van der Waals surface area contributed by atoms with Gasteiger partial charge in [-0.15, -0.1) is 0 Å². The molecule has 0 nitrogen and oxygen atoms in total. The molecule has 0 amide bonds. The molecule has 0 aliphatic heterocycles. The molecule has 0 bridgehead atoms. The summed E-state index contributed by atoms with van der Waals surface area (Å²) in [4.78, 5) is 0. The number of halogens is 2. The van der Waals surface area contributed by atoms with Gasteiger partial charge in [-0.25, -0.2) is 4.39 Å². The maximum absolute atomic E-state index is 13.9. The van der Waals surface area contributed by atoms with Crippen molar-refractivity contribution in [1.29, 1.82) is 0 Å². The Morgan fingerprint density at radius 1 is 0.893 bits per heavy atom. The van der Waals surface area contributed by atoms with Gasteiger partial charge in [0, 0.05) is 0 Å². The van der Waals surface area contributed by atoms with E-state index in [2.05, 4.69) is 25.1 Å². The Kier molecular flexibility index (Phi) is 6.61. The summed E-state index contributed by atoms with van der Waals surface area (Å²) in [7, 11) is 0. The van der Waals surface area contributed by atoms with Crippen molar-refractivity contribution in [3.63, 3.8) is 0 Å². The van der Waals surface area contributed by atoms with Crippen molar-refractivity contribution >= 4 is 22.4 Å². The number of fused-ring (bicyclic) bond motifs is 2. The van der Waals surface area contributed by atoms with Gasteiger partial charge in [-0.2, -0.15) is 0 Å². The summed E-state index contributed by atoms with van der Waals surface area (Å²) in [5.41, 5.74) is 1.40. The Morgan fingerprint density at radius 3 is 2.57 bits per heavy atom. The first kappa shape index (κ1) is 20.2. The van der Waals surface area contributed by atoms with E-state index in [1.807, 2.05) is 0 Å². The van der Waals surface area contributed by atoms with Crippen molar-refractivity contribution in [2.45, 2.75) is 83.5 Å². The molecule has 0 aromatic heterocycles. The number of benzene rings is 2. The first-order chi connectivity index (χ1) is 13.6. The monoisotopic (exact) mass is 400 g/mol. The van der Waals surface area contributed by atoms with Gasteiger partial charge in [0.05, 0.1) is 5.02 Å². The van der Waals surface area contributed by atoms with E-state index < -0.39 is 0 Å². The fourth-order valence-corrected chi connectivity index (χ4v) is 6.10. The van der Waals surface area contributed by atoms with Crippen LogP contribution < -0.4 is 0 Å². The van der Waals surface area contributed by atoms with E-state index in [0.717, 1.165) is 28.5 Å². The first-order valence-electron chi connectivity index (χ1n) is 11.5. The Morgan fingerprint density at radius 2 is 1.71 bits per heavy atom. The first-order valence-corrected chi connectivity index (χ1v) is 11.9. The highest BCUT2D eigenvalue weighted by Crippen LogP contribution is 2.48. The Labute approximate surface area is 174 Å². The summed E-state index contributed by atoms with van der Waals surface area (Å²) in [6.07, 6.45) is 15.4. The summed E-state index contributed by atoms with van der Waals surface area (Å²) < 4.78 is 13.9. The van der Waals surface area contributed by atoms with Crippen LogP contribution in [-0.2, 0) is 0 Å². The number of hydrogen-bond donors (Lipinski definition) is 0. The minimum atomic E-state index is -0.313. The van der Waals surface area contributed by atoms with Gasteiger partial charge in [-0.05, 0) is 84.2 Å². The predicted octanol–water partition coefficient (Wildman–Crippen LogP) is 8.90. The van der Waals surface area contributed by atoms with Crippen LogP contribution in [0.3, 0.4) is 0 Å². The molecular weight excluding hydrogens is 367 g/mol. The number of hydrogen-bond acceptors (Lipinski definition) is 0. The van der Waals surface area contributed by atoms with Gasteiger partial charge in [0.25, 0.3) is 0 Å². The molecule has 2 aromatic carbocycles. The third-order valence-corrected chi connectivity index (χ3v) is 7.85. The fourth-order valence-electron chi connectivity index (χ4n) is 5.93. The van der Waals surface area contributed by atoms with Crippen LogP contribution >= 0.6 is 11.6 Å². The molecule has 28 heavy (non-hydrogen) atoms. The molecule has 2 aliphatic rings. The van der Waals surface area contributed by atoms with Crippen LogP contribution in [0.1, 0.15) is 89.0 Å². The molecule has 2 aromatic rings. The third-order valence-electron chi connectivity index (χ3n) is 7.56. The van der Waals surface area contributed by atoms with Crippen LogP contribution in [0.4, 0.5) is 4.39 Å². The summed E-state index contributed by atoms with van der Waals surface area (Å²) in [6.45, 7) is 2.30. The molecule has 2 unspecified atom stereocenters. The molecule has 2 fully saturated rings. The summed E-state index contributed by atoms with van der Waals surface area (Å²) in [5.74, 6) is 3.18. The van der Waals surface area contributed by atoms with Crippen molar-refractivity contribution < 1.29 is 4.39 Å². The molecule has 2 saturated carbocycles. The van der Waals surface area contributed by atoms with Gasteiger partial charge in [0.15, 0.2) is 0 Å². The molecule has 4 atom stereocenters. The lowest BCUT2D eigenvalue weighted by Gasteiger charge is -2.42. The maximum atomic E-state index is 13.9. The van der Waals surface area contributed by atoms with E-state index >= 15 is 0 Å². The van der Waals surface area contributed by atoms with E-state index in [1.54, 1.807) is 12.1 Å². The highest BCUT2D eigenvalue weighted by molar-refractivity contribution is 6.31. The second-order valence-electron chi connectivity index (χ2n) is 9.43. The zero-order valence-corrected chi connectivity index (χ0v) is 18.0. The van der Waals surface area contributed by atoms with Crippen molar-refractivity contribution in [1.82, 2.24) is 0 Å². The molecule has 0 N–H and O–H groups in total. The van der Waals surface area contributed by atoms with Gasteiger partial charge in [0.2, 0.25) is 0 Å². The highest BCUT2D eigenvalue weighted by Gasteiger charge is 2.35. The van der Waals surface area contributed by atoms with Gasteiger partial charge in [0.1, 0.15) is 5.82 Å². The van der Waals surface area contributed by atoms with E-state index in [0.29, 0.717) is 5.92 Å². The molecule has 4 rings (SSSR count). The largest absolute Gasteiger partial charge is 0.205 e. The van der Waals surface area contributed by atoms with Crippen LogP contribution in [0, 0.1) is 23.6 Å². The van der Waals surface area contributed by atoms with Crippen molar-refractivity contribution in [2.75, 3.05) is 0 Å². The van der Waals surface area contributed by atoms with Crippen molar-refractivity contribution in [3.8, 4) is 0 Å². The second kappa shape index (κ2) is 9.16. The quantitative estimate of drug-likeness (QED) is 0.424. The van der Waals surface area contributed by atoms with Crippen LogP contribution in [0.5, 0.6) is 0 Å². The molecule has 0 heterocycles. The summed E-state index contributed by atoms with van der Waals surface area (Å²) in [5, 5.41) is 2.23. The van der Waals surface area contributed by atoms with Crippen LogP contribution in [-0.4, -0.2) is 0 Å². The molecule has 0 spiro atoms. The van der Waals surface area contributed by atoms with Crippen molar-refractivity contribution in [3.05, 3.63) is 46.7 Å². The molecule has 0 radical (unpaired) electrons. The minimum absolute atomic E-state index is 0.215. The zero-order valence-electron chi connectivity index (χ0n) is 17.2. The molecular formula is C26H34ClF. The van der Waals surface area contributed by atoms with E-state index in [1.165, 1.54) is 76.2 Å². The van der Waals surface area contributed by atoms with Crippen LogP contribution in [0.15, 0.2) is 30.3 Å². The Hall–Kier alpha value is -1.08. The lowest BCUT2D eigenvalue weighted by atomic mass is 9.63. The van der Waals surface area contributed by atoms with Gasteiger partial charge >= 0.3 is 0 Å². The van der Waals surface area contributed by atoms with E-state index in [-0.39, 0.29) is 10.8 Å². The average Bonchev–Trinajstić information content (AvgIpc) is 2.71. The normalized spacial score (nSPS) is 27.7. The van der Waals surface area contributed by atoms with Crippen molar-refractivity contribution in [2.24, 2.45) is 17.8 Å². The minimum Gasteiger partial charge on any atom is -0.205 e. The molecule has 2 aliphatic carbocycles. The zero-order chi connectivity index (χ0) is 19.5. The summed E-state index contributed by atoms with van der Waals surface area (Å²) >= 11 is 5.94. The lowest BCUT2D eigenvalue weighted by Crippen LogP contribution is -2.30. The van der Waals surface area contributed by atoms with Gasteiger partial charge in [-0.3, -0.25) is 0 Å². The van der Waals surface area contributed by atoms with Crippen LogP contribution in [0.25, 0.3) is 10.8 Å². The van der Waals surface area contributed by atoms with E-state index in [9.17, 15) is 4.39 Å². The molecule has 152 valence electrons. The smallest absolute Gasteiger partial charge is 0.142 e. The Balaban J connectivity index is 1.37. The maximum Gasteiger partial charge on any atom is 0.142 e. The second-order valence-corrected chi connectivity index (χ2v) is 9.84. The number of rotatable bonds is 6. The lowest BCUT2D eigenvalue weighted by molar-refractivity contribution is 0.113. The SMILES string of the molecule is CCCCCC[C@@H]1CC[C@@H]2CC(c3ccc4cc(Cl)c(F)cc4c3)CCC2C1. The third kappa shape index (κ3) is 4.56. The highest BCUT2D eigenvalue weighted by atomic mass is 35.5. The molecule has 2 heteroatoms.